The first-order valence-corrected chi connectivity index (χ1v) is 6.99. The molecule has 102 valence electrons. The van der Waals surface area contributed by atoms with Gasteiger partial charge in [-0.05, 0) is 12.0 Å². The van der Waals surface area contributed by atoms with Crippen molar-refractivity contribution >= 4 is 17.4 Å². The Bertz CT molecular complexity index is 707. The minimum atomic E-state index is -0.348. The molecule has 0 unspecified atom stereocenters. The van der Waals surface area contributed by atoms with E-state index in [1.54, 1.807) is 24.3 Å². The van der Waals surface area contributed by atoms with E-state index in [2.05, 4.69) is 25.2 Å². The van der Waals surface area contributed by atoms with Crippen LogP contribution in [0, 0.1) is 0 Å². The van der Waals surface area contributed by atoms with Crippen molar-refractivity contribution in [3.05, 3.63) is 45.1 Å². The predicted molar refractivity (Wildman–Crippen MR) is 77.9 cm³/mol. The Balaban J connectivity index is 2.44. The highest BCUT2D eigenvalue weighted by atomic mass is 32.2. The van der Waals surface area contributed by atoms with Gasteiger partial charge in [0.2, 0.25) is 0 Å². The number of aromatic amines is 1. The summed E-state index contributed by atoms with van der Waals surface area (Å²) in [5.74, 6) is 0.860. The monoisotopic (exact) mass is 288 g/mol. The largest absolute Gasteiger partial charge is 0.298 e. The molecule has 0 saturated heterocycles. The summed E-state index contributed by atoms with van der Waals surface area (Å²) < 4.78 is 0. The van der Waals surface area contributed by atoms with E-state index < -0.39 is 0 Å². The number of azide groups is 1. The Morgan fingerprint density at radius 1 is 1.40 bits per heavy atom. The average molecular weight is 288 g/mol. The lowest BCUT2D eigenvalue weighted by molar-refractivity contribution is 0.823. The first kappa shape index (κ1) is 14.1. The molecule has 20 heavy (non-hydrogen) atoms. The van der Waals surface area contributed by atoms with Crippen LogP contribution in [0.1, 0.15) is 13.3 Å². The van der Waals surface area contributed by atoms with Gasteiger partial charge in [0.15, 0.2) is 10.9 Å². The number of hydrogen-bond acceptors (Lipinski definition) is 5. The fraction of sp³-hybridized carbons (Fsp3) is 0.250. The van der Waals surface area contributed by atoms with Crippen LogP contribution >= 0.6 is 11.8 Å². The van der Waals surface area contributed by atoms with Crippen molar-refractivity contribution in [1.29, 1.82) is 0 Å². The maximum Gasteiger partial charge on any atom is 0.278 e. The van der Waals surface area contributed by atoms with Crippen LogP contribution in [0.4, 0.5) is 5.69 Å². The molecule has 1 N–H and O–H groups in total. The van der Waals surface area contributed by atoms with Crippen molar-refractivity contribution in [1.82, 2.24) is 15.2 Å². The number of H-pyrrole nitrogens is 1. The van der Waals surface area contributed by atoms with Gasteiger partial charge in [-0.1, -0.05) is 48.1 Å². The van der Waals surface area contributed by atoms with Gasteiger partial charge in [0, 0.05) is 21.9 Å². The van der Waals surface area contributed by atoms with Gasteiger partial charge in [0.05, 0.1) is 0 Å². The molecule has 0 bridgehead atoms. The summed E-state index contributed by atoms with van der Waals surface area (Å²) in [6.45, 7) is 2.04. The van der Waals surface area contributed by atoms with Crippen LogP contribution in [0.3, 0.4) is 0 Å². The van der Waals surface area contributed by atoms with Gasteiger partial charge in [0.25, 0.3) is 5.56 Å². The predicted octanol–water partition coefficient (Wildman–Crippen LogP) is 3.28. The minimum Gasteiger partial charge on any atom is -0.298 e. The van der Waals surface area contributed by atoms with E-state index in [1.807, 2.05) is 6.92 Å². The van der Waals surface area contributed by atoms with E-state index in [0.29, 0.717) is 16.4 Å². The second-order valence-corrected chi connectivity index (χ2v) is 4.95. The Kier molecular flexibility index (Phi) is 4.75. The van der Waals surface area contributed by atoms with Gasteiger partial charge < -0.3 is 0 Å². The second kappa shape index (κ2) is 6.74. The van der Waals surface area contributed by atoms with E-state index in [9.17, 15) is 4.79 Å². The van der Waals surface area contributed by atoms with E-state index in [4.69, 9.17) is 5.53 Å². The molecule has 8 heteroatoms. The molecule has 0 radical (unpaired) electrons. The zero-order valence-electron chi connectivity index (χ0n) is 10.8. The molecule has 0 aliphatic rings. The number of rotatable bonds is 5. The fourth-order valence-electron chi connectivity index (χ4n) is 1.57. The first-order chi connectivity index (χ1) is 9.76. The molecule has 0 fully saturated rings. The lowest BCUT2D eigenvalue weighted by Crippen LogP contribution is -2.14. The molecule has 0 amide bonds. The number of nitrogens with one attached hydrogen (secondary N) is 1. The third kappa shape index (κ3) is 3.17. The molecule has 0 atom stereocenters. The number of hydrogen-bond donors (Lipinski definition) is 1. The van der Waals surface area contributed by atoms with Crippen LogP contribution < -0.4 is 5.56 Å². The highest BCUT2D eigenvalue weighted by Crippen LogP contribution is 2.26. The van der Waals surface area contributed by atoms with E-state index in [1.165, 1.54) is 11.8 Å². The summed E-state index contributed by atoms with van der Waals surface area (Å²) in [6.07, 6.45) is 0.982. The van der Waals surface area contributed by atoms with Gasteiger partial charge in [-0.15, -0.1) is 10.2 Å². The molecule has 0 spiro atoms. The topological polar surface area (TPSA) is 107 Å². The molecule has 7 nitrogen and oxygen atoms in total. The van der Waals surface area contributed by atoms with E-state index >= 15 is 0 Å². The lowest BCUT2D eigenvalue weighted by atomic mass is 10.1. The molecular formula is C12H12N6OS. The maximum absolute atomic E-state index is 12.1. The highest BCUT2D eigenvalue weighted by Gasteiger charge is 2.11. The molecule has 0 saturated carbocycles. The quantitative estimate of drug-likeness (QED) is 0.394. The smallest absolute Gasteiger partial charge is 0.278 e. The van der Waals surface area contributed by atoms with Crippen LogP contribution in [0.15, 0.2) is 39.3 Å². The summed E-state index contributed by atoms with van der Waals surface area (Å²) in [5.41, 5.74) is 9.15. The van der Waals surface area contributed by atoms with Gasteiger partial charge in [-0.25, -0.2) is 0 Å². The summed E-state index contributed by atoms with van der Waals surface area (Å²) in [4.78, 5) is 17.5. The highest BCUT2D eigenvalue weighted by molar-refractivity contribution is 7.99. The number of thioether (sulfide) groups is 1. The molecule has 1 heterocycles. The Morgan fingerprint density at radius 2 is 2.20 bits per heavy atom. The Morgan fingerprint density at radius 3 is 2.90 bits per heavy atom. The SMILES string of the molecule is CCCSc1nnc(-c2ccccc2N=[N+]=[N-])c(=O)[nH]1. The van der Waals surface area contributed by atoms with Crippen LogP contribution in [0.5, 0.6) is 0 Å². The summed E-state index contributed by atoms with van der Waals surface area (Å²) in [6, 6.07) is 6.76. The number of aromatic nitrogens is 3. The maximum atomic E-state index is 12.1. The van der Waals surface area contributed by atoms with Crippen molar-refractivity contribution in [2.75, 3.05) is 5.75 Å². The Labute approximate surface area is 119 Å². The molecule has 0 aliphatic carbocycles. The van der Waals surface area contributed by atoms with Gasteiger partial charge in [0.1, 0.15) is 0 Å². The van der Waals surface area contributed by atoms with Crippen molar-refractivity contribution < 1.29 is 0 Å². The van der Waals surface area contributed by atoms with E-state index in [-0.39, 0.29) is 11.3 Å². The molecule has 2 aromatic rings. The van der Waals surface area contributed by atoms with Crippen molar-refractivity contribution in [3.8, 4) is 11.3 Å². The minimum absolute atomic E-state index is 0.147. The summed E-state index contributed by atoms with van der Waals surface area (Å²) >= 11 is 1.44. The third-order valence-electron chi connectivity index (χ3n) is 2.43. The van der Waals surface area contributed by atoms with Crippen LogP contribution in [0.25, 0.3) is 21.7 Å². The zero-order chi connectivity index (χ0) is 14.4. The Hall–Kier alpha value is -2.31. The standard InChI is InChI=1S/C12H12N6OS/c1-2-7-20-12-14-11(19)10(16-17-12)8-5-3-4-6-9(8)15-18-13/h3-6H,2,7H2,1H3,(H,14,17,19). The summed E-state index contributed by atoms with van der Waals surface area (Å²) in [5, 5.41) is 12.0. The van der Waals surface area contributed by atoms with E-state index in [0.717, 1.165) is 12.2 Å². The normalized spacial score (nSPS) is 10.1. The van der Waals surface area contributed by atoms with Crippen LogP contribution in [0.2, 0.25) is 0 Å². The van der Waals surface area contributed by atoms with Crippen molar-refractivity contribution in [2.45, 2.75) is 18.5 Å². The molecule has 2 rings (SSSR count). The summed E-state index contributed by atoms with van der Waals surface area (Å²) in [7, 11) is 0. The second-order valence-electron chi connectivity index (χ2n) is 3.86. The lowest BCUT2D eigenvalue weighted by Gasteiger charge is -2.03. The molecule has 0 aliphatic heterocycles. The average Bonchev–Trinajstić information content (AvgIpc) is 2.46. The van der Waals surface area contributed by atoms with Crippen LogP contribution in [-0.4, -0.2) is 20.9 Å². The van der Waals surface area contributed by atoms with Gasteiger partial charge >= 0.3 is 0 Å². The fourth-order valence-corrected chi connectivity index (χ4v) is 2.23. The molecule has 1 aromatic carbocycles. The first-order valence-electron chi connectivity index (χ1n) is 6.00. The van der Waals surface area contributed by atoms with Crippen molar-refractivity contribution in [2.24, 2.45) is 5.11 Å². The third-order valence-corrected chi connectivity index (χ3v) is 3.50. The van der Waals surface area contributed by atoms with Crippen molar-refractivity contribution in [3.63, 3.8) is 0 Å². The molecular weight excluding hydrogens is 276 g/mol. The van der Waals surface area contributed by atoms with Gasteiger partial charge in [-0.2, -0.15) is 0 Å². The molecule has 1 aromatic heterocycles. The number of nitrogens with zero attached hydrogens (tertiary/aromatic N) is 5. The van der Waals surface area contributed by atoms with Gasteiger partial charge in [-0.3, -0.25) is 9.78 Å². The van der Waals surface area contributed by atoms with Crippen LogP contribution in [-0.2, 0) is 0 Å². The number of benzene rings is 1. The zero-order valence-corrected chi connectivity index (χ0v) is 11.6.